The SMILES string of the molecule is Cc1ccc2c(n1)oc1c(N3C(C)C4CCC3(C)CC4)c(C)ccc12. The maximum atomic E-state index is 6.35. The Morgan fingerprint density at radius 1 is 1.08 bits per heavy atom. The molecule has 130 valence electrons. The molecular weight excluding hydrogens is 308 g/mol. The first-order valence-electron chi connectivity index (χ1n) is 9.57. The molecule has 1 unspecified atom stereocenters. The number of pyridine rings is 1. The van der Waals surface area contributed by atoms with Crippen LogP contribution in [0.3, 0.4) is 0 Å². The van der Waals surface area contributed by atoms with Gasteiger partial charge in [0.1, 0.15) is 0 Å². The summed E-state index contributed by atoms with van der Waals surface area (Å²) in [6, 6.07) is 9.25. The van der Waals surface area contributed by atoms with E-state index in [1.807, 2.05) is 6.92 Å². The van der Waals surface area contributed by atoms with E-state index in [0.29, 0.717) is 6.04 Å². The molecule has 3 aliphatic rings. The molecule has 3 fully saturated rings. The quantitative estimate of drug-likeness (QED) is 0.567. The number of hydrogen-bond donors (Lipinski definition) is 0. The van der Waals surface area contributed by atoms with Crippen molar-refractivity contribution < 1.29 is 4.42 Å². The van der Waals surface area contributed by atoms with E-state index in [9.17, 15) is 0 Å². The zero-order valence-corrected chi connectivity index (χ0v) is 15.6. The van der Waals surface area contributed by atoms with Crippen molar-refractivity contribution in [3.8, 4) is 0 Å². The highest BCUT2D eigenvalue weighted by Crippen LogP contribution is 2.51. The average Bonchev–Trinajstić information content (AvgIpc) is 2.94. The number of hydrogen-bond acceptors (Lipinski definition) is 3. The summed E-state index contributed by atoms with van der Waals surface area (Å²) in [7, 11) is 0. The van der Waals surface area contributed by atoms with Crippen LogP contribution < -0.4 is 4.90 Å². The van der Waals surface area contributed by atoms with Gasteiger partial charge in [0.05, 0.1) is 5.69 Å². The van der Waals surface area contributed by atoms with Crippen LogP contribution in [0, 0.1) is 19.8 Å². The molecule has 1 saturated carbocycles. The number of anilines is 1. The Morgan fingerprint density at radius 2 is 1.80 bits per heavy atom. The first-order valence-corrected chi connectivity index (χ1v) is 9.57. The van der Waals surface area contributed by atoms with Gasteiger partial charge < -0.3 is 9.32 Å². The predicted octanol–water partition coefficient (Wildman–Crippen LogP) is 5.76. The van der Waals surface area contributed by atoms with Gasteiger partial charge in [-0.1, -0.05) is 12.1 Å². The van der Waals surface area contributed by atoms with Gasteiger partial charge in [0, 0.05) is 28.0 Å². The highest BCUT2D eigenvalue weighted by Gasteiger charge is 2.48. The molecule has 2 aliphatic heterocycles. The van der Waals surface area contributed by atoms with Gasteiger partial charge in [0.2, 0.25) is 5.71 Å². The maximum Gasteiger partial charge on any atom is 0.227 e. The van der Waals surface area contributed by atoms with Crippen molar-refractivity contribution in [2.24, 2.45) is 5.92 Å². The topological polar surface area (TPSA) is 29.3 Å². The molecular formula is C22H26N2O. The van der Waals surface area contributed by atoms with E-state index in [-0.39, 0.29) is 5.54 Å². The summed E-state index contributed by atoms with van der Waals surface area (Å²) in [6.07, 6.45) is 5.30. The third-order valence-corrected chi connectivity index (χ3v) is 6.84. The molecule has 2 saturated heterocycles. The van der Waals surface area contributed by atoms with Crippen molar-refractivity contribution in [1.82, 2.24) is 4.98 Å². The standard InChI is InChI=1S/C22H26N2O/c1-13-5-7-17-18-8-6-14(2)23-21(18)25-20(17)19(13)24-15(3)16-9-11-22(24,4)12-10-16/h5-8,15-16H,9-12H2,1-4H3. The van der Waals surface area contributed by atoms with Crippen LogP contribution in [-0.4, -0.2) is 16.6 Å². The number of aryl methyl sites for hydroxylation is 2. The second-order valence-corrected chi connectivity index (χ2v) is 8.46. The highest BCUT2D eigenvalue weighted by atomic mass is 16.3. The Kier molecular flexibility index (Phi) is 3.05. The summed E-state index contributed by atoms with van der Waals surface area (Å²) < 4.78 is 6.35. The predicted molar refractivity (Wildman–Crippen MR) is 103 cm³/mol. The lowest BCUT2D eigenvalue weighted by molar-refractivity contribution is 0.134. The Bertz CT molecular complexity index is 979. The zero-order valence-electron chi connectivity index (χ0n) is 15.6. The molecule has 25 heavy (non-hydrogen) atoms. The van der Waals surface area contributed by atoms with Crippen LogP contribution in [0.1, 0.15) is 50.8 Å². The summed E-state index contributed by atoms with van der Waals surface area (Å²) in [6.45, 7) is 9.09. The van der Waals surface area contributed by atoms with Gasteiger partial charge >= 0.3 is 0 Å². The van der Waals surface area contributed by atoms with Gasteiger partial charge in [-0.25, -0.2) is 4.98 Å². The second kappa shape index (κ2) is 5.00. The van der Waals surface area contributed by atoms with Crippen LogP contribution in [0.15, 0.2) is 28.7 Å². The van der Waals surface area contributed by atoms with Crippen molar-refractivity contribution in [2.75, 3.05) is 4.90 Å². The van der Waals surface area contributed by atoms with E-state index >= 15 is 0 Å². The van der Waals surface area contributed by atoms with Gasteiger partial charge in [0.25, 0.3) is 0 Å². The highest BCUT2D eigenvalue weighted by molar-refractivity contribution is 6.08. The summed E-state index contributed by atoms with van der Waals surface area (Å²) in [5, 5.41) is 2.32. The second-order valence-electron chi connectivity index (χ2n) is 8.46. The molecule has 0 radical (unpaired) electrons. The number of furan rings is 1. The lowest BCUT2D eigenvalue weighted by Gasteiger charge is -2.58. The Balaban J connectivity index is 1.81. The molecule has 0 N–H and O–H groups in total. The third-order valence-electron chi connectivity index (χ3n) is 6.84. The molecule has 2 aromatic heterocycles. The molecule has 1 aliphatic carbocycles. The molecule has 2 bridgehead atoms. The van der Waals surface area contributed by atoms with Crippen LogP contribution in [0.4, 0.5) is 5.69 Å². The monoisotopic (exact) mass is 334 g/mol. The van der Waals surface area contributed by atoms with Crippen molar-refractivity contribution in [2.45, 2.75) is 65.0 Å². The van der Waals surface area contributed by atoms with Crippen molar-refractivity contribution in [1.29, 1.82) is 0 Å². The van der Waals surface area contributed by atoms with E-state index in [0.717, 1.165) is 28.3 Å². The minimum Gasteiger partial charge on any atom is -0.436 e. The normalized spacial score (nSPS) is 29.0. The number of rotatable bonds is 1. The van der Waals surface area contributed by atoms with Gasteiger partial charge in [0.15, 0.2) is 5.58 Å². The summed E-state index contributed by atoms with van der Waals surface area (Å²) in [5.41, 5.74) is 5.64. The average molecular weight is 334 g/mol. The fraction of sp³-hybridized carbons (Fsp3) is 0.500. The fourth-order valence-corrected chi connectivity index (χ4v) is 5.36. The number of aromatic nitrogens is 1. The van der Waals surface area contributed by atoms with Crippen molar-refractivity contribution in [3.63, 3.8) is 0 Å². The molecule has 6 rings (SSSR count). The van der Waals surface area contributed by atoms with E-state index in [1.54, 1.807) is 0 Å². The summed E-state index contributed by atoms with van der Waals surface area (Å²) in [4.78, 5) is 7.32. The molecule has 4 heterocycles. The smallest absolute Gasteiger partial charge is 0.227 e. The number of piperidine rings is 2. The zero-order chi connectivity index (χ0) is 17.3. The van der Waals surface area contributed by atoms with Gasteiger partial charge in [-0.15, -0.1) is 0 Å². The van der Waals surface area contributed by atoms with Crippen LogP contribution in [-0.2, 0) is 0 Å². The van der Waals surface area contributed by atoms with Crippen LogP contribution >= 0.6 is 0 Å². The summed E-state index contributed by atoms with van der Waals surface area (Å²) in [5.74, 6) is 0.807. The van der Waals surface area contributed by atoms with Crippen molar-refractivity contribution in [3.05, 3.63) is 35.5 Å². The number of nitrogens with zero attached hydrogens (tertiary/aromatic N) is 2. The lowest BCUT2D eigenvalue weighted by atomic mass is 9.67. The van der Waals surface area contributed by atoms with Gasteiger partial charge in [-0.3, -0.25) is 0 Å². The number of fused-ring (bicyclic) bond motifs is 6. The van der Waals surface area contributed by atoms with E-state index in [4.69, 9.17) is 4.42 Å². The van der Waals surface area contributed by atoms with Crippen molar-refractivity contribution >= 4 is 27.8 Å². The Morgan fingerprint density at radius 3 is 2.52 bits per heavy atom. The van der Waals surface area contributed by atoms with Gasteiger partial charge in [-0.2, -0.15) is 0 Å². The molecule has 0 amide bonds. The first kappa shape index (κ1) is 15.2. The molecule has 3 heteroatoms. The maximum absolute atomic E-state index is 6.35. The minimum atomic E-state index is 0.246. The van der Waals surface area contributed by atoms with Gasteiger partial charge in [-0.05, 0) is 77.0 Å². The third kappa shape index (κ3) is 2.01. The Labute approximate surface area is 149 Å². The van der Waals surface area contributed by atoms with E-state index < -0.39 is 0 Å². The van der Waals surface area contributed by atoms with Crippen LogP contribution in [0.25, 0.3) is 22.1 Å². The molecule has 1 aromatic carbocycles. The van der Waals surface area contributed by atoms with E-state index in [1.165, 1.54) is 42.3 Å². The largest absolute Gasteiger partial charge is 0.436 e. The molecule has 0 spiro atoms. The first-order chi connectivity index (χ1) is 12.0. The fourth-order valence-electron chi connectivity index (χ4n) is 5.36. The minimum absolute atomic E-state index is 0.246. The lowest BCUT2D eigenvalue weighted by Crippen LogP contribution is -2.61. The van der Waals surface area contributed by atoms with E-state index in [2.05, 4.69) is 54.9 Å². The molecule has 3 nitrogen and oxygen atoms in total. The summed E-state index contributed by atoms with van der Waals surface area (Å²) >= 11 is 0. The molecule has 1 atom stereocenters. The Hall–Kier alpha value is -2.03. The van der Waals surface area contributed by atoms with Crippen LogP contribution in [0.2, 0.25) is 0 Å². The number of benzene rings is 1. The van der Waals surface area contributed by atoms with Crippen LogP contribution in [0.5, 0.6) is 0 Å². The molecule has 3 aromatic rings.